The van der Waals surface area contributed by atoms with E-state index in [0.29, 0.717) is 12.5 Å². The molecule has 1 fully saturated rings. The lowest BCUT2D eigenvalue weighted by molar-refractivity contribution is 0.0690. The molecule has 2 heterocycles. The highest BCUT2D eigenvalue weighted by Gasteiger charge is 2.23. The van der Waals surface area contributed by atoms with E-state index in [1.807, 2.05) is 41.4 Å². The van der Waals surface area contributed by atoms with Gasteiger partial charge in [0.25, 0.3) is 5.91 Å². The van der Waals surface area contributed by atoms with E-state index in [9.17, 15) is 4.79 Å². The molecule has 1 aromatic heterocycles. The third-order valence-electron chi connectivity index (χ3n) is 4.56. The van der Waals surface area contributed by atoms with Crippen LogP contribution in [0, 0.1) is 5.92 Å². The second kappa shape index (κ2) is 7.38. The Kier molecular flexibility index (Phi) is 5.03. The molecule has 120 valence electrons. The molecule has 0 bridgehead atoms. The Hall–Kier alpha value is -2.20. The maximum Gasteiger partial charge on any atom is 0.253 e. The lowest BCUT2D eigenvalue weighted by Crippen LogP contribution is -2.39. The Balaban J connectivity index is 1.57. The number of carbonyl (C=O) groups is 1. The van der Waals surface area contributed by atoms with E-state index in [4.69, 9.17) is 5.73 Å². The van der Waals surface area contributed by atoms with Crippen LogP contribution in [0.3, 0.4) is 0 Å². The maximum absolute atomic E-state index is 12.6. The maximum atomic E-state index is 12.6. The van der Waals surface area contributed by atoms with Gasteiger partial charge in [0.05, 0.1) is 0 Å². The number of likely N-dealkylation sites (tertiary alicyclic amines) is 1. The van der Waals surface area contributed by atoms with E-state index < -0.39 is 0 Å². The average Bonchev–Trinajstić information content (AvgIpc) is 2.63. The average molecular weight is 309 g/mol. The van der Waals surface area contributed by atoms with E-state index in [-0.39, 0.29) is 5.91 Å². The van der Waals surface area contributed by atoms with Crippen molar-refractivity contribution in [2.75, 3.05) is 13.1 Å². The number of piperidine rings is 1. The van der Waals surface area contributed by atoms with Crippen LogP contribution >= 0.6 is 0 Å². The molecule has 3 rings (SSSR count). The fourth-order valence-electron chi connectivity index (χ4n) is 3.21. The molecule has 1 aliphatic rings. The number of aromatic nitrogens is 1. The summed E-state index contributed by atoms with van der Waals surface area (Å²) in [6.45, 7) is 2.13. The number of hydrogen-bond donors (Lipinski definition) is 1. The first-order valence-corrected chi connectivity index (χ1v) is 8.23. The fraction of sp³-hybridized carbons (Fsp3) is 0.368. The molecule has 4 heteroatoms. The summed E-state index contributed by atoms with van der Waals surface area (Å²) in [5.74, 6) is 0.763. The molecule has 2 N–H and O–H groups in total. The summed E-state index contributed by atoms with van der Waals surface area (Å²) in [5, 5.41) is 0. The molecule has 23 heavy (non-hydrogen) atoms. The largest absolute Gasteiger partial charge is 0.339 e. The number of carbonyl (C=O) groups excluding carboxylic acids is 1. The zero-order chi connectivity index (χ0) is 16.1. The number of rotatable bonds is 4. The van der Waals surface area contributed by atoms with Crippen LogP contribution in [-0.4, -0.2) is 28.9 Å². The van der Waals surface area contributed by atoms with Crippen molar-refractivity contribution in [2.45, 2.75) is 25.8 Å². The minimum Gasteiger partial charge on any atom is -0.339 e. The number of nitrogens with zero attached hydrogens (tertiary/aromatic N) is 2. The molecule has 1 aliphatic heterocycles. The number of hydrogen-bond acceptors (Lipinski definition) is 3. The standard InChI is InChI=1S/C19H23N3O/c20-13-16-3-1-5-18(12-16)19(23)22-9-6-15(7-10-22)11-17-4-2-8-21-14-17/h1-5,8,12,14-15H,6-7,9-11,13,20H2. The highest BCUT2D eigenvalue weighted by atomic mass is 16.2. The summed E-state index contributed by atoms with van der Waals surface area (Å²) < 4.78 is 0. The summed E-state index contributed by atoms with van der Waals surface area (Å²) in [4.78, 5) is 18.8. The van der Waals surface area contributed by atoms with E-state index in [1.54, 1.807) is 6.20 Å². The summed E-state index contributed by atoms with van der Waals surface area (Å²) in [7, 11) is 0. The molecule has 4 nitrogen and oxygen atoms in total. The molecule has 0 spiro atoms. The summed E-state index contributed by atoms with van der Waals surface area (Å²) in [6.07, 6.45) is 6.91. The van der Waals surface area contributed by atoms with Crippen molar-refractivity contribution >= 4 is 5.91 Å². The Bertz CT molecular complexity index is 649. The lowest BCUT2D eigenvalue weighted by atomic mass is 9.90. The SMILES string of the molecule is NCc1cccc(C(=O)N2CCC(Cc3cccnc3)CC2)c1. The van der Waals surface area contributed by atoms with Crippen LogP contribution in [0.2, 0.25) is 0 Å². The second-order valence-corrected chi connectivity index (χ2v) is 6.21. The quantitative estimate of drug-likeness (QED) is 0.944. The highest BCUT2D eigenvalue weighted by Crippen LogP contribution is 2.22. The summed E-state index contributed by atoms with van der Waals surface area (Å²) in [5.41, 5.74) is 8.69. The van der Waals surface area contributed by atoms with Gasteiger partial charge in [0, 0.05) is 37.6 Å². The van der Waals surface area contributed by atoms with Crippen molar-refractivity contribution in [3.8, 4) is 0 Å². The normalized spacial score (nSPS) is 15.6. The zero-order valence-electron chi connectivity index (χ0n) is 13.3. The van der Waals surface area contributed by atoms with E-state index in [1.165, 1.54) is 5.56 Å². The Labute approximate surface area is 137 Å². The minimum atomic E-state index is 0.125. The molecular formula is C19H23N3O. The minimum absolute atomic E-state index is 0.125. The van der Waals surface area contributed by atoms with E-state index in [0.717, 1.165) is 43.5 Å². The third kappa shape index (κ3) is 3.96. The monoisotopic (exact) mass is 309 g/mol. The van der Waals surface area contributed by atoms with Gasteiger partial charge in [0.1, 0.15) is 0 Å². The van der Waals surface area contributed by atoms with E-state index in [2.05, 4.69) is 11.1 Å². The van der Waals surface area contributed by atoms with Gasteiger partial charge < -0.3 is 10.6 Å². The van der Waals surface area contributed by atoms with Crippen molar-refractivity contribution in [1.29, 1.82) is 0 Å². The predicted octanol–water partition coefficient (Wildman–Crippen LogP) is 2.64. The summed E-state index contributed by atoms with van der Waals surface area (Å²) >= 11 is 0. The van der Waals surface area contributed by atoms with Crippen LogP contribution in [0.15, 0.2) is 48.8 Å². The summed E-state index contributed by atoms with van der Waals surface area (Å²) in [6, 6.07) is 11.8. The van der Waals surface area contributed by atoms with Crippen molar-refractivity contribution in [2.24, 2.45) is 11.7 Å². The van der Waals surface area contributed by atoms with Gasteiger partial charge in [0.2, 0.25) is 0 Å². The molecular weight excluding hydrogens is 286 g/mol. The van der Waals surface area contributed by atoms with Crippen LogP contribution < -0.4 is 5.73 Å². The molecule has 0 radical (unpaired) electrons. The van der Waals surface area contributed by atoms with Gasteiger partial charge in [-0.3, -0.25) is 9.78 Å². The number of benzene rings is 1. The van der Waals surface area contributed by atoms with Crippen LogP contribution in [0.1, 0.15) is 34.3 Å². The van der Waals surface area contributed by atoms with Gasteiger partial charge in [-0.2, -0.15) is 0 Å². The Morgan fingerprint density at radius 2 is 1.96 bits per heavy atom. The first kappa shape index (κ1) is 15.7. The molecule has 2 aromatic rings. The lowest BCUT2D eigenvalue weighted by Gasteiger charge is -2.32. The molecule has 1 saturated heterocycles. The third-order valence-corrected chi connectivity index (χ3v) is 4.56. The van der Waals surface area contributed by atoms with Crippen LogP contribution in [0.4, 0.5) is 0 Å². The number of pyridine rings is 1. The van der Waals surface area contributed by atoms with Crippen LogP contribution in [0.5, 0.6) is 0 Å². The zero-order valence-corrected chi connectivity index (χ0v) is 13.3. The molecule has 1 amide bonds. The molecule has 0 unspecified atom stereocenters. The van der Waals surface area contributed by atoms with Gasteiger partial charge in [0.15, 0.2) is 0 Å². The topological polar surface area (TPSA) is 59.2 Å². The van der Waals surface area contributed by atoms with Crippen molar-refractivity contribution in [1.82, 2.24) is 9.88 Å². The number of nitrogens with two attached hydrogens (primary N) is 1. The van der Waals surface area contributed by atoms with Crippen molar-refractivity contribution in [3.05, 3.63) is 65.5 Å². The molecule has 1 aromatic carbocycles. The van der Waals surface area contributed by atoms with Crippen molar-refractivity contribution in [3.63, 3.8) is 0 Å². The fourth-order valence-corrected chi connectivity index (χ4v) is 3.21. The smallest absolute Gasteiger partial charge is 0.253 e. The molecule has 0 aliphatic carbocycles. The first-order valence-electron chi connectivity index (χ1n) is 8.23. The predicted molar refractivity (Wildman–Crippen MR) is 90.9 cm³/mol. The highest BCUT2D eigenvalue weighted by molar-refractivity contribution is 5.94. The second-order valence-electron chi connectivity index (χ2n) is 6.21. The van der Waals surface area contributed by atoms with Crippen LogP contribution in [0.25, 0.3) is 0 Å². The van der Waals surface area contributed by atoms with Gasteiger partial charge in [-0.25, -0.2) is 0 Å². The van der Waals surface area contributed by atoms with Crippen LogP contribution in [-0.2, 0) is 13.0 Å². The van der Waals surface area contributed by atoms with Gasteiger partial charge in [-0.15, -0.1) is 0 Å². The molecule has 0 atom stereocenters. The van der Waals surface area contributed by atoms with Gasteiger partial charge in [-0.05, 0) is 54.5 Å². The van der Waals surface area contributed by atoms with Gasteiger partial charge in [-0.1, -0.05) is 18.2 Å². The van der Waals surface area contributed by atoms with Crippen molar-refractivity contribution < 1.29 is 4.79 Å². The van der Waals surface area contributed by atoms with Gasteiger partial charge >= 0.3 is 0 Å². The number of amides is 1. The van der Waals surface area contributed by atoms with E-state index >= 15 is 0 Å². The Morgan fingerprint density at radius 1 is 1.17 bits per heavy atom. The Morgan fingerprint density at radius 3 is 2.65 bits per heavy atom. The first-order chi connectivity index (χ1) is 11.3. The molecule has 0 saturated carbocycles.